The Morgan fingerprint density at radius 2 is 1.92 bits per heavy atom. The fraction of sp³-hybridized carbons (Fsp3) is 0.353. The third-order valence-electron chi connectivity index (χ3n) is 4.65. The van der Waals surface area contributed by atoms with Crippen LogP contribution in [0.4, 0.5) is 5.95 Å². The Bertz CT molecular complexity index is 884. The molecule has 0 aliphatic carbocycles. The second-order valence-electron chi connectivity index (χ2n) is 6.05. The van der Waals surface area contributed by atoms with Crippen molar-refractivity contribution in [3.05, 3.63) is 48.2 Å². The van der Waals surface area contributed by atoms with Gasteiger partial charge in [0.05, 0.1) is 6.20 Å². The maximum Gasteiger partial charge on any atom is 0.256 e. The van der Waals surface area contributed by atoms with E-state index in [0.29, 0.717) is 17.1 Å². The van der Waals surface area contributed by atoms with Crippen LogP contribution >= 0.6 is 0 Å². The first-order chi connectivity index (χ1) is 12.3. The summed E-state index contributed by atoms with van der Waals surface area (Å²) in [5.74, 6) is 0.973. The van der Waals surface area contributed by atoms with Crippen molar-refractivity contribution in [1.29, 1.82) is 0 Å². The average molecular weight is 337 g/mol. The van der Waals surface area contributed by atoms with E-state index in [4.69, 9.17) is 0 Å². The number of rotatable bonds is 3. The van der Waals surface area contributed by atoms with E-state index in [1.54, 1.807) is 36.4 Å². The minimum atomic E-state index is -0.171. The monoisotopic (exact) mass is 337 g/mol. The third kappa shape index (κ3) is 2.79. The molecule has 0 radical (unpaired) electrons. The topological polar surface area (TPSA) is 88.3 Å². The van der Waals surface area contributed by atoms with Gasteiger partial charge in [-0.1, -0.05) is 0 Å². The van der Waals surface area contributed by atoms with Crippen molar-refractivity contribution in [3.63, 3.8) is 0 Å². The van der Waals surface area contributed by atoms with E-state index in [2.05, 4.69) is 30.3 Å². The second-order valence-corrected chi connectivity index (χ2v) is 6.05. The molecule has 0 bridgehead atoms. The third-order valence-corrected chi connectivity index (χ3v) is 4.65. The Labute approximate surface area is 144 Å². The Kier molecular flexibility index (Phi) is 4.01. The van der Waals surface area contributed by atoms with Crippen molar-refractivity contribution < 1.29 is 4.79 Å². The molecular formula is C17H19N7O. The normalized spacial score (nSPS) is 15.5. The van der Waals surface area contributed by atoms with Crippen LogP contribution < -0.4 is 10.2 Å². The fourth-order valence-corrected chi connectivity index (χ4v) is 3.34. The summed E-state index contributed by atoms with van der Waals surface area (Å²) in [6.07, 6.45) is 8.83. The highest BCUT2D eigenvalue weighted by molar-refractivity contribution is 5.99. The van der Waals surface area contributed by atoms with Crippen molar-refractivity contribution in [2.75, 3.05) is 25.0 Å². The predicted molar refractivity (Wildman–Crippen MR) is 92.6 cm³/mol. The van der Waals surface area contributed by atoms with Crippen molar-refractivity contribution in [2.45, 2.75) is 18.8 Å². The molecule has 4 heterocycles. The summed E-state index contributed by atoms with van der Waals surface area (Å²) in [5, 5.41) is 7.02. The van der Waals surface area contributed by atoms with Crippen LogP contribution in [0.5, 0.6) is 0 Å². The molecule has 0 aromatic carbocycles. The lowest BCUT2D eigenvalue weighted by Gasteiger charge is -2.32. The highest BCUT2D eigenvalue weighted by Crippen LogP contribution is 2.29. The summed E-state index contributed by atoms with van der Waals surface area (Å²) in [4.78, 5) is 27.1. The van der Waals surface area contributed by atoms with Crippen molar-refractivity contribution in [3.8, 4) is 0 Å². The Morgan fingerprint density at radius 3 is 2.64 bits per heavy atom. The largest absolute Gasteiger partial charge is 0.355 e. The number of fused-ring (bicyclic) bond motifs is 1. The second kappa shape index (κ2) is 6.46. The Morgan fingerprint density at radius 1 is 1.16 bits per heavy atom. The smallest absolute Gasteiger partial charge is 0.256 e. The molecule has 0 unspecified atom stereocenters. The van der Waals surface area contributed by atoms with Crippen LogP contribution in [0.25, 0.3) is 5.65 Å². The highest BCUT2D eigenvalue weighted by Gasteiger charge is 2.25. The molecule has 0 atom stereocenters. The summed E-state index contributed by atoms with van der Waals surface area (Å²) in [6, 6.07) is 3.82. The lowest BCUT2D eigenvalue weighted by molar-refractivity contribution is 0.0964. The summed E-state index contributed by atoms with van der Waals surface area (Å²) in [5.41, 5.74) is 2.19. The van der Waals surface area contributed by atoms with Gasteiger partial charge in [0.25, 0.3) is 5.91 Å². The zero-order valence-electron chi connectivity index (χ0n) is 14.0. The summed E-state index contributed by atoms with van der Waals surface area (Å²) >= 11 is 0. The lowest BCUT2D eigenvalue weighted by Crippen LogP contribution is -2.34. The first-order valence-electron chi connectivity index (χ1n) is 8.34. The molecule has 25 heavy (non-hydrogen) atoms. The van der Waals surface area contributed by atoms with E-state index in [-0.39, 0.29) is 5.91 Å². The molecule has 8 heteroatoms. The maximum atomic E-state index is 12.0. The molecule has 3 aromatic rings. The lowest BCUT2D eigenvalue weighted by atomic mass is 9.93. The molecule has 0 saturated carbocycles. The van der Waals surface area contributed by atoms with Crippen LogP contribution in [-0.2, 0) is 0 Å². The van der Waals surface area contributed by atoms with Crippen LogP contribution in [0.15, 0.2) is 36.9 Å². The fourth-order valence-electron chi connectivity index (χ4n) is 3.34. The Hall–Kier alpha value is -3.03. The zero-order valence-corrected chi connectivity index (χ0v) is 14.0. The van der Waals surface area contributed by atoms with Gasteiger partial charge in [-0.3, -0.25) is 4.79 Å². The number of hydrogen-bond donors (Lipinski definition) is 1. The van der Waals surface area contributed by atoms with Crippen molar-refractivity contribution >= 4 is 17.5 Å². The first-order valence-corrected chi connectivity index (χ1v) is 8.34. The quantitative estimate of drug-likeness (QED) is 0.774. The van der Waals surface area contributed by atoms with Crippen LogP contribution in [0, 0.1) is 0 Å². The van der Waals surface area contributed by atoms with Gasteiger partial charge in [0.15, 0.2) is 5.65 Å². The SMILES string of the molecule is CNC(=O)c1cnn2c(C3CCN(c4ncccn4)CC3)ccnc12. The van der Waals surface area contributed by atoms with Gasteiger partial charge < -0.3 is 10.2 Å². The van der Waals surface area contributed by atoms with E-state index < -0.39 is 0 Å². The van der Waals surface area contributed by atoms with E-state index in [9.17, 15) is 4.79 Å². The Balaban J connectivity index is 1.57. The van der Waals surface area contributed by atoms with Gasteiger partial charge in [0.2, 0.25) is 5.95 Å². The van der Waals surface area contributed by atoms with E-state index in [0.717, 1.165) is 37.6 Å². The molecule has 1 N–H and O–H groups in total. The molecule has 1 amide bonds. The molecule has 1 aliphatic heterocycles. The van der Waals surface area contributed by atoms with E-state index >= 15 is 0 Å². The summed E-state index contributed by atoms with van der Waals surface area (Å²) in [6.45, 7) is 1.78. The maximum absolute atomic E-state index is 12.0. The average Bonchev–Trinajstić information content (AvgIpc) is 3.12. The minimum Gasteiger partial charge on any atom is -0.355 e. The number of amides is 1. The molecular weight excluding hydrogens is 318 g/mol. The predicted octanol–water partition coefficient (Wildman–Crippen LogP) is 1.26. The van der Waals surface area contributed by atoms with Gasteiger partial charge in [-0.25, -0.2) is 19.5 Å². The molecule has 3 aromatic heterocycles. The number of anilines is 1. The van der Waals surface area contributed by atoms with Crippen LogP contribution in [0.1, 0.15) is 34.8 Å². The van der Waals surface area contributed by atoms with Crippen LogP contribution in [0.3, 0.4) is 0 Å². The van der Waals surface area contributed by atoms with Gasteiger partial charge in [0.1, 0.15) is 5.56 Å². The molecule has 8 nitrogen and oxygen atoms in total. The minimum absolute atomic E-state index is 0.171. The van der Waals surface area contributed by atoms with Crippen molar-refractivity contribution in [1.82, 2.24) is 29.9 Å². The van der Waals surface area contributed by atoms with Gasteiger partial charge in [-0.15, -0.1) is 0 Å². The molecule has 1 aliphatic rings. The number of nitrogens with zero attached hydrogens (tertiary/aromatic N) is 6. The van der Waals surface area contributed by atoms with Gasteiger partial charge >= 0.3 is 0 Å². The van der Waals surface area contributed by atoms with E-state index in [1.165, 1.54) is 0 Å². The molecule has 0 spiro atoms. The molecule has 1 saturated heterocycles. The zero-order chi connectivity index (χ0) is 17.2. The summed E-state index contributed by atoms with van der Waals surface area (Å²) in [7, 11) is 1.61. The van der Waals surface area contributed by atoms with E-state index in [1.807, 2.05) is 12.1 Å². The van der Waals surface area contributed by atoms with Crippen molar-refractivity contribution in [2.24, 2.45) is 0 Å². The van der Waals surface area contributed by atoms with Gasteiger partial charge in [-0.2, -0.15) is 5.10 Å². The van der Waals surface area contributed by atoms with Gasteiger partial charge in [0, 0.05) is 50.3 Å². The molecule has 1 fully saturated rings. The van der Waals surface area contributed by atoms with Gasteiger partial charge in [-0.05, 0) is 25.0 Å². The number of hydrogen-bond acceptors (Lipinski definition) is 6. The first kappa shape index (κ1) is 15.5. The number of carbonyl (C=O) groups excluding carboxylic acids is 1. The number of aromatic nitrogens is 5. The number of nitrogens with one attached hydrogen (secondary N) is 1. The molecule has 4 rings (SSSR count). The van der Waals surface area contributed by atoms with Crippen LogP contribution in [0.2, 0.25) is 0 Å². The number of piperidine rings is 1. The van der Waals surface area contributed by atoms with Crippen LogP contribution in [-0.4, -0.2) is 50.6 Å². The standard InChI is InChI=1S/C17H19N7O/c1-18-16(25)13-11-22-24-14(3-8-19-15(13)24)12-4-9-23(10-5-12)17-20-6-2-7-21-17/h2-3,6-8,11-12H,4-5,9-10H2,1H3,(H,18,25). The number of carbonyl (C=O) groups is 1. The highest BCUT2D eigenvalue weighted by atomic mass is 16.1. The summed E-state index contributed by atoms with van der Waals surface area (Å²) < 4.78 is 1.80. The molecule has 128 valence electrons.